The van der Waals surface area contributed by atoms with E-state index in [0.717, 1.165) is 14.9 Å². The Morgan fingerprint density at radius 2 is 1.95 bits per heavy atom. The Morgan fingerprint density at radius 1 is 1.19 bits per heavy atom. The van der Waals surface area contributed by atoms with E-state index in [1.54, 1.807) is 11.3 Å². The first-order valence-electron chi connectivity index (χ1n) is 6.61. The molecule has 0 amide bonds. The molecule has 0 spiro atoms. The molecule has 0 aliphatic heterocycles. The fourth-order valence-corrected chi connectivity index (χ4v) is 4.22. The van der Waals surface area contributed by atoms with Crippen molar-refractivity contribution in [1.29, 1.82) is 0 Å². The van der Waals surface area contributed by atoms with Gasteiger partial charge in [-0.15, -0.1) is 11.3 Å². The molecule has 3 rings (SSSR count). The van der Waals surface area contributed by atoms with Gasteiger partial charge in [0.1, 0.15) is 5.60 Å². The molecule has 1 atom stereocenters. The van der Waals surface area contributed by atoms with Gasteiger partial charge in [0.2, 0.25) is 0 Å². The van der Waals surface area contributed by atoms with E-state index in [4.69, 9.17) is 11.6 Å². The van der Waals surface area contributed by atoms with Crippen LogP contribution < -0.4 is 0 Å². The summed E-state index contributed by atoms with van der Waals surface area (Å²) in [5.41, 5.74) is 0.0172. The summed E-state index contributed by atoms with van der Waals surface area (Å²) in [4.78, 5) is 0.961. The van der Waals surface area contributed by atoms with Crippen LogP contribution in [0, 0.1) is 0 Å². The number of rotatable bonds is 3. The van der Waals surface area contributed by atoms with Crippen molar-refractivity contribution in [2.75, 3.05) is 0 Å². The first kappa shape index (κ1) is 15.0. The van der Waals surface area contributed by atoms with Gasteiger partial charge in [0.15, 0.2) is 0 Å². The predicted molar refractivity (Wildman–Crippen MR) is 94.3 cm³/mol. The van der Waals surface area contributed by atoms with Gasteiger partial charge in [-0.1, -0.05) is 51.8 Å². The molecule has 0 radical (unpaired) electrons. The van der Waals surface area contributed by atoms with E-state index in [-0.39, 0.29) is 0 Å². The molecule has 0 saturated carbocycles. The van der Waals surface area contributed by atoms with E-state index in [0.29, 0.717) is 11.4 Å². The quantitative estimate of drug-likeness (QED) is 0.611. The maximum atomic E-state index is 10.9. The van der Waals surface area contributed by atoms with E-state index in [2.05, 4.69) is 34.1 Å². The van der Waals surface area contributed by atoms with Gasteiger partial charge in [0.25, 0.3) is 0 Å². The summed E-state index contributed by atoms with van der Waals surface area (Å²) < 4.78 is 2.13. The lowest BCUT2D eigenvalue weighted by Gasteiger charge is -2.22. The minimum absolute atomic E-state index is 0.492. The van der Waals surface area contributed by atoms with Crippen molar-refractivity contribution in [2.45, 2.75) is 18.9 Å². The lowest BCUT2D eigenvalue weighted by atomic mass is 9.94. The smallest absolute Gasteiger partial charge is 0.100 e. The Labute approximate surface area is 141 Å². The van der Waals surface area contributed by atoms with Gasteiger partial charge in [0, 0.05) is 25.5 Å². The number of aliphatic hydroxyl groups is 1. The number of hydrogen-bond acceptors (Lipinski definition) is 2. The van der Waals surface area contributed by atoms with Crippen LogP contribution in [0.4, 0.5) is 0 Å². The molecule has 1 aromatic heterocycles. The highest BCUT2D eigenvalue weighted by atomic mass is 79.9. The second kappa shape index (κ2) is 5.73. The third-order valence-corrected chi connectivity index (χ3v) is 5.72. The van der Waals surface area contributed by atoms with Crippen LogP contribution >= 0.6 is 38.9 Å². The molecule has 1 nitrogen and oxygen atoms in total. The molecule has 0 aliphatic carbocycles. The Kier molecular flexibility index (Phi) is 4.10. The molecule has 0 aliphatic rings. The van der Waals surface area contributed by atoms with Gasteiger partial charge in [0.05, 0.1) is 0 Å². The van der Waals surface area contributed by atoms with Crippen LogP contribution in [0.1, 0.15) is 17.4 Å². The molecule has 21 heavy (non-hydrogen) atoms. The SMILES string of the molecule is CC(O)(Cc1ccc(Br)cc1Cl)c1cc2ccccc2s1. The second-order valence-corrected chi connectivity index (χ2v) is 7.74. The van der Waals surface area contributed by atoms with Crippen LogP contribution in [-0.2, 0) is 12.0 Å². The van der Waals surface area contributed by atoms with Gasteiger partial charge in [-0.2, -0.15) is 0 Å². The summed E-state index contributed by atoms with van der Waals surface area (Å²) in [6, 6.07) is 16.0. The number of benzene rings is 2. The molecule has 1 heterocycles. The van der Waals surface area contributed by atoms with Crippen LogP contribution in [0.15, 0.2) is 53.0 Å². The fourth-order valence-electron chi connectivity index (χ4n) is 2.37. The molecule has 108 valence electrons. The Bertz CT molecular complexity index is 761. The zero-order chi connectivity index (χ0) is 15.0. The Morgan fingerprint density at radius 3 is 2.67 bits per heavy atom. The third-order valence-electron chi connectivity index (χ3n) is 3.51. The van der Waals surface area contributed by atoms with Crippen molar-refractivity contribution in [3.05, 3.63) is 68.5 Å². The third kappa shape index (κ3) is 3.16. The number of halogens is 2. The summed E-state index contributed by atoms with van der Waals surface area (Å²) >= 11 is 11.3. The summed E-state index contributed by atoms with van der Waals surface area (Å²) in [6.45, 7) is 1.84. The maximum Gasteiger partial charge on any atom is 0.100 e. The molecule has 1 unspecified atom stereocenters. The van der Waals surface area contributed by atoms with Crippen molar-refractivity contribution >= 4 is 49.0 Å². The molecule has 0 saturated heterocycles. The monoisotopic (exact) mass is 380 g/mol. The summed E-state index contributed by atoms with van der Waals surface area (Å²) in [7, 11) is 0. The highest BCUT2D eigenvalue weighted by Gasteiger charge is 2.26. The van der Waals surface area contributed by atoms with E-state index >= 15 is 0 Å². The van der Waals surface area contributed by atoms with Crippen molar-refractivity contribution in [3.63, 3.8) is 0 Å². The molecular weight excluding hydrogens is 368 g/mol. The number of fused-ring (bicyclic) bond motifs is 1. The van der Waals surface area contributed by atoms with Gasteiger partial charge in [-0.05, 0) is 42.1 Å². The van der Waals surface area contributed by atoms with Crippen molar-refractivity contribution in [3.8, 4) is 0 Å². The molecule has 1 N–H and O–H groups in total. The van der Waals surface area contributed by atoms with Gasteiger partial charge in [-0.25, -0.2) is 0 Å². The van der Waals surface area contributed by atoms with Gasteiger partial charge in [-0.3, -0.25) is 0 Å². The van der Waals surface area contributed by atoms with E-state index in [1.807, 2.05) is 37.3 Å². The molecule has 0 bridgehead atoms. The first-order valence-corrected chi connectivity index (χ1v) is 8.60. The molecular formula is C17H14BrClOS. The summed E-state index contributed by atoms with van der Waals surface area (Å²) in [5.74, 6) is 0. The molecule has 4 heteroatoms. The Hall–Kier alpha value is -0.870. The molecule has 2 aromatic carbocycles. The van der Waals surface area contributed by atoms with E-state index in [9.17, 15) is 5.11 Å². The summed E-state index contributed by atoms with van der Waals surface area (Å²) in [5, 5.41) is 12.7. The predicted octanol–water partition coefficient (Wildman–Crippen LogP) is 5.77. The maximum absolute atomic E-state index is 10.9. The first-order chi connectivity index (χ1) is 9.95. The normalized spacial score (nSPS) is 14.3. The largest absolute Gasteiger partial charge is 0.384 e. The van der Waals surface area contributed by atoms with E-state index < -0.39 is 5.60 Å². The highest BCUT2D eigenvalue weighted by Crippen LogP contribution is 2.36. The van der Waals surface area contributed by atoms with Gasteiger partial charge >= 0.3 is 0 Å². The van der Waals surface area contributed by atoms with Crippen LogP contribution in [0.5, 0.6) is 0 Å². The minimum atomic E-state index is -0.929. The van der Waals surface area contributed by atoms with Crippen molar-refractivity contribution < 1.29 is 5.11 Å². The van der Waals surface area contributed by atoms with Gasteiger partial charge < -0.3 is 5.11 Å². The average Bonchev–Trinajstić information content (AvgIpc) is 2.87. The molecule has 0 fully saturated rings. The lowest BCUT2D eigenvalue weighted by Crippen LogP contribution is -2.23. The topological polar surface area (TPSA) is 20.2 Å². The van der Waals surface area contributed by atoms with Crippen LogP contribution in [0.25, 0.3) is 10.1 Å². The standard InChI is InChI=1S/C17H14BrClOS/c1-17(20,10-12-6-7-13(18)9-14(12)19)16-8-11-4-2-3-5-15(11)21-16/h2-9,20H,10H2,1H3. The molecule has 3 aromatic rings. The van der Waals surface area contributed by atoms with Crippen LogP contribution in [0.2, 0.25) is 5.02 Å². The van der Waals surface area contributed by atoms with Crippen LogP contribution in [0.3, 0.4) is 0 Å². The van der Waals surface area contributed by atoms with Crippen LogP contribution in [-0.4, -0.2) is 5.11 Å². The average molecular weight is 382 g/mol. The zero-order valence-electron chi connectivity index (χ0n) is 11.4. The highest BCUT2D eigenvalue weighted by molar-refractivity contribution is 9.10. The Balaban J connectivity index is 1.95. The van der Waals surface area contributed by atoms with Crippen molar-refractivity contribution in [1.82, 2.24) is 0 Å². The number of hydrogen-bond donors (Lipinski definition) is 1. The summed E-state index contributed by atoms with van der Waals surface area (Å²) in [6.07, 6.45) is 0.492. The fraction of sp³-hybridized carbons (Fsp3) is 0.176. The van der Waals surface area contributed by atoms with E-state index in [1.165, 1.54) is 10.1 Å². The van der Waals surface area contributed by atoms with Crippen molar-refractivity contribution in [2.24, 2.45) is 0 Å². The minimum Gasteiger partial charge on any atom is -0.384 e. The zero-order valence-corrected chi connectivity index (χ0v) is 14.6. The lowest BCUT2D eigenvalue weighted by molar-refractivity contribution is 0.0616. The number of thiophene rings is 1. The second-order valence-electron chi connectivity index (χ2n) is 5.33.